The van der Waals surface area contributed by atoms with Gasteiger partial charge in [-0.3, -0.25) is 14.3 Å². The molecule has 0 unspecified atom stereocenters. The molecule has 0 radical (unpaired) electrons. The van der Waals surface area contributed by atoms with Crippen molar-refractivity contribution in [2.75, 3.05) is 0 Å². The normalized spacial score (nSPS) is 29.9. The van der Waals surface area contributed by atoms with Gasteiger partial charge in [0.15, 0.2) is 22.9 Å². The molecule has 2 aliphatic rings. The highest BCUT2D eigenvalue weighted by Gasteiger charge is 2.64. The van der Waals surface area contributed by atoms with Crippen molar-refractivity contribution in [3.05, 3.63) is 32.6 Å². The molecule has 1 aromatic rings. The molecule has 1 saturated heterocycles. The van der Waals surface area contributed by atoms with E-state index in [1.165, 1.54) is 0 Å². The number of aromatic amines is 1. The standard InChI is InChI=1S/C25H45IN2O5Si2/c1-10-35(11-2,12-3)33-20-19(26)22(28-16-17(4)21(29)27-23(28)30)31-25(20)15-13-14-18(25)32-34(8,9)24(5,6)7/h16,18-20,22H,10-15H2,1-9H3,(H,27,29,30)/t18-,19+,20-,22-,25-/m0/s1. The van der Waals surface area contributed by atoms with Crippen LogP contribution in [0.25, 0.3) is 0 Å². The van der Waals surface area contributed by atoms with E-state index in [9.17, 15) is 9.59 Å². The lowest BCUT2D eigenvalue weighted by Crippen LogP contribution is -2.58. The summed E-state index contributed by atoms with van der Waals surface area (Å²) < 4.78 is 22.7. The Morgan fingerprint density at radius 2 is 1.77 bits per heavy atom. The predicted molar refractivity (Wildman–Crippen MR) is 155 cm³/mol. The second-order valence-corrected chi connectivity index (χ2v) is 22.8. The maximum absolute atomic E-state index is 12.9. The van der Waals surface area contributed by atoms with E-state index < -0.39 is 34.2 Å². The van der Waals surface area contributed by atoms with Crippen molar-refractivity contribution in [1.82, 2.24) is 9.55 Å². The van der Waals surface area contributed by atoms with Gasteiger partial charge in [-0.1, -0.05) is 64.1 Å². The fourth-order valence-corrected chi connectivity index (χ4v) is 11.1. The Labute approximate surface area is 226 Å². The minimum atomic E-state index is -2.07. The van der Waals surface area contributed by atoms with Gasteiger partial charge in [0.1, 0.15) is 5.60 Å². The number of hydrogen-bond acceptors (Lipinski definition) is 5. The second-order valence-electron chi connectivity index (χ2n) is 11.9. The third kappa shape index (κ3) is 5.34. The van der Waals surface area contributed by atoms with Crippen molar-refractivity contribution in [3.63, 3.8) is 0 Å². The van der Waals surface area contributed by atoms with Crippen LogP contribution in [-0.4, -0.2) is 47.9 Å². The Kier molecular flexibility index (Phi) is 8.76. The highest BCUT2D eigenvalue weighted by Crippen LogP contribution is 2.54. The molecular formula is C25H45IN2O5Si2. The van der Waals surface area contributed by atoms with Crippen LogP contribution in [0.4, 0.5) is 0 Å². The number of nitrogens with one attached hydrogen (secondary N) is 1. The van der Waals surface area contributed by atoms with Crippen molar-refractivity contribution in [3.8, 4) is 0 Å². The molecule has 200 valence electrons. The number of alkyl halides is 1. The minimum absolute atomic E-state index is 0.0764. The highest BCUT2D eigenvalue weighted by atomic mass is 127. The summed E-state index contributed by atoms with van der Waals surface area (Å²) in [6, 6.07) is 3.14. The topological polar surface area (TPSA) is 82.6 Å². The van der Waals surface area contributed by atoms with Gasteiger partial charge in [0.2, 0.25) is 0 Å². The van der Waals surface area contributed by atoms with Crippen molar-refractivity contribution in [2.24, 2.45) is 0 Å². The molecule has 5 atom stereocenters. The second kappa shape index (κ2) is 10.5. The maximum Gasteiger partial charge on any atom is 0.330 e. The summed E-state index contributed by atoms with van der Waals surface area (Å²) >= 11 is 2.43. The van der Waals surface area contributed by atoms with Crippen LogP contribution in [0.5, 0.6) is 0 Å². The van der Waals surface area contributed by atoms with Crippen LogP contribution in [0.2, 0.25) is 36.3 Å². The van der Waals surface area contributed by atoms with E-state index in [2.05, 4.69) is 82.2 Å². The Morgan fingerprint density at radius 1 is 1.17 bits per heavy atom. The molecule has 0 aromatic carbocycles. The van der Waals surface area contributed by atoms with Crippen LogP contribution in [0.15, 0.2) is 15.8 Å². The van der Waals surface area contributed by atoms with E-state index >= 15 is 0 Å². The van der Waals surface area contributed by atoms with Crippen LogP contribution in [0, 0.1) is 6.92 Å². The first-order valence-electron chi connectivity index (χ1n) is 13.2. The van der Waals surface area contributed by atoms with Gasteiger partial charge in [-0.2, -0.15) is 0 Å². The van der Waals surface area contributed by atoms with Gasteiger partial charge in [0.25, 0.3) is 5.56 Å². The quantitative estimate of drug-likeness (QED) is 0.219. The first kappa shape index (κ1) is 29.3. The maximum atomic E-state index is 12.9. The molecule has 35 heavy (non-hydrogen) atoms. The van der Waals surface area contributed by atoms with Crippen LogP contribution in [0.1, 0.15) is 72.6 Å². The van der Waals surface area contributed by atoms with Crippen molar-refractivity contribution in [1.29, 1.82) is 0 Å². The van der Waals surface area contributed by atoms with Crippen LogP contribution in [-0.2, 0) is 13.6 Å². The zero-order chi connectivity index (χ0) is 26.4. The highest BCUT2D eigenvalue weighted by molar-refractivity contribution is 14.1. The third-order valence-corrected chi connectivity index (χ3v) is 19.3. The molecule has 1 saturated carbocycles. The minimum Gasteiger partial charge on any atom is -0.411 e. The third-order valence-electron chi connectivity index (χ3n) is 8.94. The lowest BCUT2D eigenvalue weighted by atomic mass is 9.93. The molecule has 2 heterocycles. The number of halogens is 1. The monoisotopic (exact) mass is 636 g/mol. The lowest BCUT2D eigenvalue weighted by Gasteiger charge is -2.46. The fraction of sp³-hybridized carbons (Fsp3) is 0.840. The molecule has 0 amide bonds. The van der Waals surface area contributed by atoms with Crippen molar-refractivity contribution >= 4 is 39.2 Å². The van der Waals surface area contributed by atoms with Crippen molar-refractivity contribution in [2.45, 2.75) is 132 Å². The number of ether oxygens (including phenoxy) is 1. The number of hydrogen-bond donors (Lipinski definition) is 1. The first-order valence-corrected chi connectivity index (χ1v) is 19.8. The van der Waals surface area contributed by atoms with Gasteiger partial charge in [-0.25, -0.2) is 4.79 Å². The molecule has 1 aliphatic carbocycles. The smallest absolute Gasteiger partial charge is 0.330 e. The molecule has 0 bridgehead atoms. The van der Waals surface area contributed by atoms with Gasteiger partial charge in [-0.15, -0.1) is 0 Å². The van der Waals surface area contributed by atoms with Gasteiger partial charge in [0.05, 0.1) is 16.1 Å². The number of nitrogens with zero attached hydrogens (tertiary/aromatic N) is 1. The largest absolute Gasteiger partial charge is 0.411 e. The number of H-pyrrole nitrogens is 1. The van der Waals surface area contributed by atoms with E-state index in [0.717, 1.165) is 37.4 Å². The molecule has 2 fully saturated rings. The van der Waals surface area contributed by atoms with Gasteiger partial charge in [0, 0.05) is 11.8 Å². The first-order chi connectivity index (χ1) is 16.2. The summed E-state index contributed by atoms with van der Waals surface area (Å²) in [4.78, 5) is 27.4. The molecule has 10 heteroatoms. The summed E-state index contributed by atoms with van der Waals surface area (Å²) in [5.41, 5.74) is -0.901. The fourth-order valence-electron chi connectivity index (χ4n) is 5.32. The average Bonchev–Trinajstić information content (AvgIpc) is 3.29. The summed E-state index contributed by atoms with van der Waals surface area (Å²) in [5.74, 6) is 0. The van der Waals surface area contributed by atoms with E-state index in [1.54, 1.807) is 17.7 Å². The van der Waals surface area contributed by atoms with Gasteiger partial charge < -0.3 is 13.6 Å². The lowest BCUT2D eigenvalue weighted by molar-refractivity contribution is -0.142. The zero-order valence-electron chi connectivity index (χ0n) is 23.0. The van der Waals surface area contributed by atoms with Crippen LogP contribution >= 0.6 is 22.6 Å². The van der Waals surface area contributed by atoms with Gasteiger partial charge >= 0.3 is 5.69 Å². The van der Waals surface area contributed by atoms with Crippen LogP contribution < -0.4 is 11.2 Å². The van der Waals surface area contributed by atoms with E-state index in [4.69, 9.17) is 13.6 Å². The molecule has 7 nitrogen and oxygen atoms in total. The molecular weight excluding hydrogens is 591 g/mol. The van der Waals surface area contributed by atoms with E-state index in [0.29, 0.717) is 5.56 Å². The van der Waals surface area contributed by atoms with E-state index in [-0.39, 0.29) is 26.7 Å². The summed E-state index contributed by atoms with van der Waals surface area (Å²) in [6.07, 6.45) is 3.66. The molecule has 1 aromatic heterocycles. The molecule has 1 N–H and O–H groups in total. The molecule has 1 spiro atoms. The Bertz CT molecular complexity index is 1010. The zero-order valence-corrected chi connectivity index (χ0v) is 27.2. The Hall–Kier alpha value is -0.276. The SMILES string of the molecule is CC[Si](CC)(CC)O[C@H]1[C@@H](I)[C@@H](n2cc(C)c(=O)[nH]c2=O)O[C@]12CCC[C@@H]2O[Si](C)(C)C(C)(C)C. The van der Waals surface area contributed by atoms with Crippen LogP contribution in [0.3, 0.4) is 0 Å². The number of aromatic nitrogens is 2. The number of rotatable bonds is 8. The molecule has 1 aliphatic heterocycles. The molecule has 3 rings (SSSR count). The average molecular weight is 637 g/mol. The van der Waals surface area contributed by atoms with Gasteiger partial charge in [-0.05, 0) is 62.5 Å². The van der Waals surface area contributed by atoms with Crippen molar-refractivity contribution < 1.29 is 13.6 Å². The summed E-state index contributed by atoms with van der Waals surface area (Å²) in [6.45, 7) is 19.8. The Morgan fingerprint density at radius 3 is 2.31 bits per heavy atom. The predicted octanol–water partition coefficient (Wildman–Crippen LogP) is 5.88. The Balaban J connectivity index is 2.11. The number of aryl methyl sites for hydroxylation is 1. The van der Waals surface area contributed by atoms with E-state index in [1.807, 2.05) is 0 Å². The summed E-state index contributed by atoms with van der Waals surface area (Å²) in [7, 11) is -4.05. The summed E-state index contributed by atoms with van der Waals surface area (Å²) in [5, 5.41) is 0.0800.